The lowest BCUT2D eigenvalue weighted by Crippen LogP contribution is -2.12. The Hall–Kier alpha value is -0.960. The second kappa shape index (κ2) is 2.27. The van der Waals surface area contributed by atoms with Crippen LogP contribution in [0, 0.1) is 5.92 Å². The predicted octanol–water partition coefficient (Wildman–Crippen LogP) is 1.01. The van der Waals surface area contributed by atoms with Crippen molar-refractivity contribution in [2.24, 2.45) is 11.7 Å². The molecule has 3 nitrogen and oxygen atoms in total. The highest BCUT2D eigenvalue weighted by molar-refractivity contribution is 5.32. The molecule has 5 N–H and O–H groups in total. The van der Waals surface area contributed by atoms with E-state index < -0.39 is 0 Å². The first-order valence-electron chi connectivity index (χ1n) is 3.97. The maximum absolute atomic E-state index is 5.93. The smallest absolute Gasteiger partial charge is 0.100 e. The SMILES string of the molecule is Nc1ccc([C@@H](N)C2CC2)[nH]1. The van der Waals surface area contributed by atoms with Gasteiger partial charge >= 0.3 is 0 Å². The number of rotatable bonds is 2. The molecule has 1 heterocycles. The van der Waals surface area contributed by atoms with Gasteiger partial charge in [-0.25, -0.2) is 0 Å². The van der Waals surface area contributed by atoms with E-state index in [1.165, 1.54) is 12.8 Å². The van der Waals surface area contributed by atoms with Crippen LogP contribution >= 0.6 is 0 Å². The van der Waals surface area contributed by atoms with Crippen LogP contribution in [0.2, 0.25) is 0 Å². The quantitative estimate of drug-likeness (QED) is 0.590. The maximum Gasteiger partial charge on any atom is 0.100 e. The molecular formula is C8H13N3. The number of aromatic amines is 1. The summed E-state index contributed by atoms with van der Waals surface area (Å²) in [6.45, 7) is 0. The number of hydrogen-bond donors (Lipinski definition) is 3. The molecule has 1 aromatic rings. The van der Waals surface area contributed by atoms with E-state index in [1.54, 1.807) is 0 Å². The van der Waals surface area contributed by atoms with Crippen molar-refractivity contribution in [3.63, 3.8) is 0 Å². The molecule has 2 rings (SSSR count). The van der Waals surface area contributed by atoms with Gasteiger partial charge < -0.3 is 16.5 Å². The van der Waals surface area contributed by atoms with Crippen molar-refractivity contribution in [1.82, 2.24) is 4.98 Å². The molecule has 1 atom stereocenters. The predicted molar refractivity (Wildman–Crippen MR) is 44.9 cm³/mol. The Labute approximate surface area is 65.8 Å². The van der Waals surface area contributed by atoms with Crippen LogP contribution in [0.3, 0.4) is 0 Å². The molecule has 0 bridgehead atoms. The third-order valence-corrected chi connectivity index (χ3v) is 2.22. The van der Waals surface area contributed by atoms with Crippen LogP contribution in [0.5, 0.6) is 0 Å². The largest absolute Gasteiger partial charge is 0.385 e. The fourth-order valence-corrected chi connectivity index (χ4v) is 1.33. The summed E-state index contributed by atoms with van der Waals surface area (Å²) in [6, 6.07) is 4.00. The number of H-pyrrole nitrogens is 1. The fourth-order valence-electron chi connectivity index (χ4n) is 1.33. The van der Waals surface area contributed by atoms with Crippen LogP contribution in [0.1, 0.15) is 24.6 Å². The molecule has 1 fully saturated rings. The molecule has 0 saturated heterocycles. The van der Waals surface area contributed by atoms with Crippen molar-refractivity contribution in [2.75, 3.05) is 5.73 Å². The number of nitrogens with one attached hydrogen (secondary N) is 1. The van der Waals surface area contributed by atoms with Gasteiger partial charge in [-0.3, -0.25) is 0 Å². The summed E-state index contributed by atoms with van der Waals surface area (Å²) >= 11 is 0. The van der Waals surface area contributed by atoms with Crippen molar-refractivity contribution in [1.29, 1.82) is 0 Å². The minimum absolute atomic E-state index is 0.173. The Morgan fingerprint density at radius 3 is 2.64 bits per heavy atom. The van der Waals surface area contributed by atoms with Crippen molar-refractivity contribution in [3.05, 3.63) is 17.8 Å². The highest BCUT2D eigenvalue weighted by Gasteiger charge is 2.29. The molecular weight excluding hydrogens is 138 g/mol. The summed E-state index contributed by atoms with van der Waals surface area (Å²) in [6.07, 6.45) is 2.53. The van der Waals surface area contributed by atoms with Crippen LogP contribution in [-0.4, -0.2) is 4.98 Å². The van der Waals surface area contributed by atoms with Gasteiger partial charge in [0, 0.05) is 11.7 Å². The van der Waals surface area contributed by atoms with Crippen LogP contribution in [-0.2, 0) is 0 Å². The van der Waals surface area contributed by atoms with Crippen LogP contribution in [0.4, 0.5) is 5.82 Å². The average Bonchev–Trinajstić information content (AvgIpc) is 2.74. The van der Waals surface area contributed by atoms with Gasteiger partial charge in [0.25, 0.3) is 0 Å². The molecule has 0 radical (unpaired) electrons. The minimum Gasteiger partial charge on any atom is -0.385 e. The van der Waals surface area contributed by atoms with E-state index in [2.05, 4.69) is 4.98 Å². The first-order valence-corrected chi connectivity index (χ1v) is 3.97. The zero-order chi connectivity index (χ0) is 7.84. The normalized spacial score (nSPS) is 20.1. The molecule has 60 valence electrons. The lowest BCUT2D eigenvalue weighted by molar-refractivity contribution is 0.619. The van der Waals surface area contributed by atoms with Gasteiger partial charge in [0.05, 0.1) is 0 Å². The number of anilines is 1. The van der Waals surface area contributed by atoms with Gasteiger partial charge in [-0.1, -0.05) is 0 Å². The van der Waals surface area contributed by atoms with E-state index in [4.69, 9.17) is 11.5 Å². The Balaban J connectivity index is 2.14. The van der Waals surface area contributed by atoms with E-state index >= 15 is 0 Å². The number of nitrogens with two attached hydrogens (primary N) is 2. The molecule has 0 unspecified atom stereocenters. The second-order valence-electron chi connectivity index (χ2n) is 3.23. The summed E-state index contributed by atoms with van der Waals surface area (Å²) in [5, 5.41) is 0. The Morgan fingerprint density at radius 2 is 2.18 bits per heavy atom. The van der Waals surface area contributed by atoms with Crippen molar-refractivity contribution >= 4 is 5.82 Å². The molecule has 1 aliphatic carbocycles. The maximum atomic E-state index is 5.93. The highest BCUT2D eigenvalue weighted by atomic mass is 14.9. The van der Waals surface area contributed by atoms with Gasteiger partial charge in [0.2, 0.25) is 0 Å². The zero-order valence-corrected chi connectivity index (χ0v) is 6.38. The zero-order valence-electron chi connectivity index (χ0n) is 6.38. The first kappa shape index (κ1) is 6.73. The molecule has 3 heteroatoms. The number of aromatic nitrogens is 1. The monoisotopic (exact) mass is 151 g/mol. The second-order valence-corrected chi connectivity index (χ2v) is 3.23. The van der Waals surface area contributed by atoms with E-state index in [9.17, 15) is 0 Å². The van der Waals surface area contributed by atoms with Gasteiger partial charge in [0.1, 0.15) is 5.82 Å². The summed E-state index contributed by atoms with van der Waals surface area (Å²) in [5.41, 5.74) is 12.5. The number of hydrogen-bond acceptors (Lipinski definition) is 2. The van der Waals surface area contributed by atoms with Crippen LogP contribution in [0.15, 0.2) is 12.1 Å². The molecule has 0 aliphatic heterocycles. The van der Waals surface area contributed by atoms with E-state index in [0.29, 0.717) is 11.7 Å². The van der Waals surface area contributed by atoms with Crippen molar-refractivity contribution in [2.45, 2.75) is 18.9 Å². The average molecular weight is 151 g/mol. The van der Waals surface area contributed by atoms with Crippen molar-refractivity contribution < 1.29 is 0 Å². The molecule has 0 aromatic carbocycles. The first-order chi connectivity index (χ1) is 5.27. The molecule has 1 saturated carbocycles. The summed E-state index contributed by atoms with van der Waals surface area (Å²) in [7, 11) is 0. The molecule has 1 aliphatic rings. The molecule has 11 heavy (non-hydrogen) atoms. The Morgan fingerprint density at radius 1 is 1.45 bits per heavy atom. The third kappa shape index (κ3) is 1.24. The molecule has 1 aromatic heterocycles. The van der Waals surface area contributed by atoms with Gasteiger partial charge in [-0.05, 0) is 30.9 Å². The molecule has 0 spiro atoms. The summed E-state index contributed by atoms with van der Waals surface area (Å²) in [5.74, 6) is 1.39. The van der Waals surface area contributed by atoms with E-state index in [1.807, 2.05) is 12.1 Å². The fraction of sp³-hybridized carbons (Fsp3) is 0.500. The Bertz CT molecular complexity index is 250. The third-order valence-electron chi connectivity index (χ3n) is 2.22. The van der Waals surface area contributed by atoms with Crippen molar-refractivity contribution in [3.8, 4) is 0 Å². The topological polar surface area (TPSA) is 67.8 Å². The van der Waals surface area contributed by atoms with E-state index in [0.717, 1.165) is 5.69 Å². The van der Waals surface area contributed by atoms with Gasteiger partial charge in [-0.15, -0.1) is 0 Å². The van der Waals surface area contributed by atoms with E-state index in [-0.39, 0.29) is 6.04 Å². The minimum atomic E-state index is 0.173. The van der Waals surface area contributed by atoms with Gasteiger partial charge in [-0.2, -0.15) is 0 Å². The van der Waals surface area contributed by atoms with Crippen LogP contribution < -0.4 is 11.5 Å². The number of nitrogen functional groups attached to an aromatic ring is 1. The molecule has 0 amide bonds. The lowest BCUT2D eigenvalue weighted by Gasteiger charge is -2.06. The Kier molecular flexibility index (Phi) is 1.39. The van der Waals surface area contributed by atoms with Crippen LogP contribution in [0.25, 0.3) is 0 Å². The lowest BCUT2D eigenvalue weighted by atomic mass is 10.1. The van der Waals surface area contributed by atoms with Gasteiger partial charge in [0.15, 0.2) is 0 Å². The standard InChI is InChI=1S/C8H13N3/c9-7-4-3-6(11-7)8(10)5-1-2-5/h3-5,8,11H,1-2,9-10H2/t8-/m0/s1. The summed E-state index contributed by atoms with van der Waals surface area (Å²) < 4.78 is 0. The highest BCUT2D eigenvalue weighted by Crippen LogP contribution is 2.39. The summed E-state index contributed by atoms with van der Waals surface area (Å²) in [4.78, 5) is 3.05.